The topological polar surface area (TPSA) is 76.3 Å². The molecule has 1 atom stereocenters. The third-order valence-corrected chi connectivity index (χ3v) is 4.64. The smallest absolute Gasteiger partial charge is 0.408 e. The van der Waals surface area contributed by atoms with Crippen molar-refractivity contribution in [3.8, 4) is 0 Å². The van der Waals surface area contributed by atoms with Crippen LogP contribution in [-0.4, -0.2) is 34.6 Å². The molecule has 21 heavy (non-hydrogen) atoms. The van der Waals surface area contributed by atoms with Crippen LogP contribution < -0.4 is 16.4 Å². The van der Waals surface area contributed by atoms with Crippen molar-refractivity contribution in [2.45, 2.75) is 12.5 Å². The number of benzene rings is 1. The minimum atomic E-state index is -0.406. The van der Waals surface area contributed by atoms with Gasteiger partial charge < -0.3 is 15.1 Å². The van der Waals surface area contributed by atoms with Crippen LogP contribution in [0.15, 0.2) is 27.4 Å². The lowest BCUT2D eigenvalue weighted by atomic mass is 10.2. The van der Waals surface area contributed by atoms with Gasteiger partial charge in [-0.2, -0.15) is 11.8 Å². The molecule has 0 radical (unpaired) electrons. The van der Waals surface area contributed by atoms with E-state index in [1.807, 2.05) is 11.8 Å². The molecular formula is C14H17N3O3S. The second-order valence-corrected chi connectivity index (χ2v) is 6.24. The van der Waals surface area contributed by atoms with E-state index >= 15 is 0 Å². The van der Waals surface area contributed by atoms with Crippen molar-refractivity contribution in [2.75, 3.05) is 23.4 Å². The number of fused-ring (bicyclic) bond motifs is 1. The molecule has 112 valence electrons. The number of hydrogen-bond donors (Lipinski definition) is 2. The van der Waals surface area contributed by atoms with Crippen LogP contribution in [0.1, 0.15) is 6.42 Å². The van der Waals surface area contributed by atoms with Gasteiger partial charge >= 0.3 is 5.76 Å². The summed E-state index contributed by atoms with van der Waals surface area (Å²) in [6, 6.07) is 5.42. The Labute approximate surface area is 125 Å². The zero-order chi connectivity index (χ0) is 14.8. The molecular weight excluding hydrogens is 290 g/mol. The first-order valence-electron chi connectivity index (χ1n) is 6.84. The SMILES string of the molecule is Cn1c(=O)oc2ccc(NC(=O)C[C@H]3CSCCN3)cc21. The number of rotatable bonds is 3. The highest BCUT2D eigenvalue weighted by atomic mass is 32.2. The van der Waals surface area contributed by atoms with Crippen molar-refractivity contribution < 1.29 is 9.21 Å². The predicted octanol–water partition coefficient (Wildman–Crippen LogP) is 1.17. The summed E-state index contributed by atoms with van der Waals surface area (Å²) in [6.45, 7) is 0.950. The Morgan fingerprint density at radius 3 is 3.19 bits per heavy atom. The molecule has 6 nitrogen and oxygen atoms in total. The van der Waals surface area contributed by atoms with E-state index in [0.29, 0.717) is 23.2 Å². The van der Waals surface area contributed by atoms with Crippen molar-refractivity contribution in [2.24, 2.45) is 7.05 Å². The normalized spacial score (nSPS) is 18.8. The fourth-order valence-electron chi connectivity index (χ4n) is 2.39. The van der Waals surface area contributed by atoms with Crippen LogP contribution in [0.5, 0.6) is 0 Å². The summed E-state index contributed by atoms with van der Waals surface area (Å²) in [5.74, 6) is 1.63. The molecule has 0 saturated carbocycles. The molecule has 0 aliphatic carbocycles. The lowest BCUT2D eigenvalue weighted by Crippen LogP contribution is -2.39. The third-order valence-electron chi connectivity index (χ3n) is 3.51. The summed E-state index contributed by atoms with van der Waals surface area (Å²) in [5, 5.41) is 6.21. The van der Waals surface area contributed by atoms with Gasteiger partial charge in [-0.25, -0.2) is 4.79 Å². The van der Waals surface area contributed by atoms with Crippen molar-refractivity contribution >= 4 is 34.5 Å². The lowest BCUT2D eigenvalue weighted by Gasteiger charge is -2.22. The fourth-order valence-corrected chi connectivity index (χ4v) is 3.34. The monoisotopic (exact) mass is 307 g/mol. The summed E-state index contributed by atoms with van der Waals surface area (Å²) < 4.78 is 6.48. The van der Waals surface area contributed by atoms with Gasteiger partial charge in [-0.1, -0.05) is 0 Å². The molecule has 1 saturated heterocycles. The number of nitrogens with zero attached hydrogens (tertiary/aromatic N) is 1. The van der Waals surface area contributed by atoms with Crippen molar-refractivity contribution in [1.82, 2.24) is 9.88 Å². The van der Waals surface area contributed by atoms with E-state index < -0.39 is 5.76 Å². The predicted molar refractivity (Wildman–Crippen MR) is 83.8 cm³/mol. The molecule has 2 aromatic rings. The van der Waals surface area contributed by atoms with Gasteiger partial charge in [0.1, 0.15) is 0 Å². The van der Waals surface area contributed by atoms with Crippen LogP contribution in [0.3, 0.4) is 0 Å². The molecule has 0 bridgehead atoms. The highest BCUT2D eigenvalue weighted by Gasteiger charge is 2.17. The Bertz CT molecular complexity index is 716. The van der Waals surface area contributed by atoms with Crippen LogP contribution in [0.2, 0.25) is 0 Å². The largest absolute Gasteiger partial charge is 0.419 e. The number of anilines is 1. The van der Waals surface area contributed by atoms with Gasteiger partial charge in [0.2, 0.25) is 5.91 Å². The summed E-state index contributed by atoms with van der Waals surface area (Å²) in [6.07, 6.45) is 0.454. The van der Waals surface area contributed by atoms with Gasteiger partial charge in [-0.15, -0.1) is 0 Å². The summed E-state index contributed by atoms with van der Waals surface area (Å²) >= 11 is 1.86. The first-order chi connectivity index (χ1) is 10.1. The Morgan fingerprint density at radius 2 is 2.43 bits per heavy atom. The van der Waals surface area contributed by atoms with Gasteiger partial charge in [0.15, 0.2) is 5.58 Å². The average molecular weight is 307 g/mol. The van der Waals surface area contributed by atoms with Crippen LogP contribution in [0.4, 0.5) is 5.69 Å². The first kappa shape index (κ1) is 14.2. The Balaban J connectivity index is 1.70. The fraction of sp³-hybridized carbons (Fsp3) is 0.429. The number of carbonyl (C=O) groups is 1. The van der Waals surface area contributed by atoms with E-state index in [2.05, 4.69) is 10.6 Å². The molecule has 1 aromatic carbocycles. The van der Waals surface area contributed by atoms with E-state index in [4.69, 9.17) is 4.42 Å². The highest BCUT2D eigenvalue weighted by molar-refractivity contribution is 7.99. The molecule has 1 aliphatic heterocycles. The molecule has 1 fully saturated rings. The van der Waals surface area contributed by atoms with Crippen molar-refractivity contribution in [3.05, 3.63) is 28.7 Å². The number of thioether (sulfide) groups is 1. The number of aromatic nitrogens is 1. The van der Waals surface area contributed by atoms with Crippen LogP contribution >= 0.6 is 11.8 Å². The summed E-state index contributed by atoms with van der Waals surface area (Å²) in [5.41, 5.74) is 1.86. The second-order valence-electron chi connectivity index (χ2n) is 5.09. The molecule has 3 rings (SSSR count). The maximum absolute atomic E-state index is 12.1. The second kappa shape index (κ2) is 5.95. The Hall–Kier alpha value is -1.73. The molecule has 0 spiro atoms. The number of hydrogen-bond acceptors (Lipinski definition) is 5. The van der Waals surface area contributed by atoms with Crippen LogP contribution in [0.25, 0.3) is 11.1 Å². The molecule has 1 aromatic heterocycles. The highest BCUT2D eigenvalue weighted by Crippen LogP contribution is 2.18. The zero-order valence-corrected chi connectivity index (χ0v) is 12.5. The van der Waals surface area contributed by atoms with Crippen LogP contribution in [-0.2, 0) is 11.8 Å². The van der Waals surface area contributed by atoms with E-state index in [-0.39, 0.29) is 11.9 Å². The Morgan fingerprint density at radius 1 is 1.57 bits per heavy atom. The standard InChI is InChI=1S/C14H17N3O3S/c1-17-11-6-9(2-3-12(11)20-14(17)19)16-13(18)7-10-8-21-5-4-15-10/h2-3,6,10,15H,4-5,7-8H2,1H3,(H,16,18)/t10-/m0/s1. The van der Waals surface area contributed by atoms with E-state index in [9.17, 15) is 9.59 Å². The van der Waals surface area contributed by atoms with Gasteiger partial charge in [0.05, 0.1) is 5.52 Å². The molecule has 0 unspecified atom stereocenters. The summed E-state index contributed by atoms with van der Waals surface area (Å²) in [7, 11) is 1.64. The molecule has 7 heteroatoms. The van der Waals surface area contributed by atoms with Gasteiger partial charge in [0.25, 0.3) is 0 Å². The third kappa shape index (κ3) is 3.14. The number of oxazole rings is 1. The van der Waals surface area contributed by atoms with Gasteiger partial charge in [0, 0.05) is 43.2 Å². The average Bonchev–Trinajstić information content (AvgIpc) is 2.75. The first-order valence-corrected chi connectivity index (χ1v) is 7.99. The minimum absolute atomic E-state index is 0.0251. The van der Waals surface area contributed by atoms with Crippen molar-refractivity contribution in [1.29, 1.82) is 0 Å². The zero-order valence-electron chi connectivity index (χ0n) is 11.7. The molecule has 2 N–H and O–H groups in total. The summed E-state index contributed by atoms with van der Waals surface area (Å²) in [4.78, 5) is 23.5. The molecule has 2 heterocycles. The number of carbonyl (C=O) groups excluding carboxylic acids is 1. The van der Waals surface area contributed by atoms with E-state index in [1.165, 1.54) is 4.57 Å². The molecule has 1 amide bonds. The van der Waals surface area contributed by atoms with Gasteiger partial charge in [-0.3, -0.25) is 9.36 Å². The number of amides is 1. The minimum Gasteiger partial charge on any atom is -0.408 e. The van der Waals surface area contributed by atoms with Gasteiger partial charge in [-0.05, 0) is 18.2 Å². The maximum Gasteiger partial charge on any atom is 0.419 e. The number of nitrogens with one attached hydrogen (secondary N) is 2. The van der Waals surface area contributed by atoms with Crippen molar-refractivity contribution in [3.63, 3.8) is 0 Å². The lowest BCUT2D eigenvalue weighted by molar-refractivity contribution is -0.116. The Kier molecular flexibility index (Phi) is 4.03. The van der Waals surface area contributed by atoms with E-state index in [1.54, 1.807) is 25.2 Å². The maximum atomic E-state index is 12.1. The van der Waals surface area contributed by atoms with Crippen LogP contribution in [0, 0.1) is 0 Å². The molecule has 1 aliphatic rings. The quantitative estimate of drug-likeness (QED) is 0.890. The van der Waals surface area contributed by atoms with E-state index in [0.717, 1.165) is 18.1 Å². The number of aryl methyl sites for hydroxylation is 1.